The molecule has 0 aliphatic rings. The second-order valence-corrected chi connectivity index (χ2v) is 4.83. The number of hydrogen-bond acceptors (Lipinski definition) is 5. The summed E-state index contributed by atoms with van der Waals surface area (Å²) in [5.41, 5.74) is 4.51. The van der Waals surface area contributed by atoms with Gasteiger partial charge in [-0.15, -0.1) is 0 Å². The van der Waals surface area contributed by atoms with Crippen LogP contribution in [-0.4, -0.2) is 9.97 Å². The van der Waals surface area contributed by atoms with Gasteiger partial charge in [0.15, 0.2) is 0 Å². The van der Waals surface area contributed by atoms with Gasteiger partial charge in [-0.25, -0.2) is 15.8 Å². The summed E-state index contributed by atoms with van der Waals surface area (Å²) >= 11 is 3.40. The molecule has 2 aromatic rings. The number of ether oxygens (including phenoxy) is 1. The Bertz CT molecular complexity index is 545. The molecule has 1 aromatic carbocycles. The number of hydrogen-bond donors (Lipinski definition) is 2. The van der Waals surface area contributed by atoms with Crippen LogP contribution in [0.3, 0.4) is 0 Å². The van der Waals surface area contributed by atoms with Crippen molar-refractivity contribution in [2.45, 2.75) is 20.0 Å². The minimum atomic E-state index is 0.460. The summed E-state index contributed by atoms with van der Waals surface area (Å²) in [5.74, 6) is 6.58. The topological polar surface area (TPSA) is 73.1 Å². The first-order valence-corrected chi connectivity index (χ1v) is 6.71. The first-order chi connectivity index (χ1) is 9.24. The van der Waals surface area contributed by atoms with Gasteiger partial charge in [0.25, 0.3) is 0 Å². The number of halogens is 1. The van der Waals surface area contributed by atoms with E-state index in [0.29, 0.717) is 18.3 Å². The highest BCUT2D eigenvalue weighted by Crippen LogP contribution is 2.22. The maximum Gasteiger partial charge on any atom is 0.222 e. The summed E-state index contributed by atoms with van der Waals surface area (Å²) in [7, 11) is 0. The zero-order chi connectivity index (χ0) is 13.7. The Morgan fingerprint density at radius 3 is 2.63 bits per heavy atom. The summed E-state index contributed by atoms with van der Waals surface area (Å²) < 4.78 is 6.78. The van der Waals surface area contributed by atoms with Gasteiger partial charge in [-0.1, -0.05) is 35.0 Å². The van der Waals surface area contributed by atoms with Crippen LogP contribution in [0.25, 0.3) is 0 Å². The van der Waals surface area contributed by atoms with Crippen molar-refractivity contribution in [2.75, 3.05) is 5.43 Å². The van der Waals surface area contributed by atoms with Crippen LogP contribution in [0.5, 0.6) is 5.88 Å². The largest absolute Gasteiger partial charge is 0.472 e. The predicted molar refractivity (Wildman–Crippen MR) is 77.7 cm³/mol. The molecule has 2 rings (SSSR count). The second-order valence-electron chi connectivity index (χ2n) is 3.92. The van der Waals surface area contributed by atoms with Crippen molar-refractivity contribution in [3.05, 3.63) is 46.2 Å². The van der Waals surface area contributed by atoms with Crippen LogP contribution in [-0.2, 0) is 13.0 Å². The molecule has 100 valence electrons. The number of anilines is 1. The van der Waals surface area contributed by atoms with Gasteiger partial charge in [0, 0.05) is 4.47 Å². The van der Waals surface area contributed by atoms with E-state index in [0.717, 1.165) is 22.0 Å². The zero-order valence-corrected chi connectivity index (χ0v) is 12.1. The number of aromatic nitrogens is 2. The normalized spacial score (nSPS) is 10.3. The molecule has 0 radical (unpaired) electrons. The highest BCUT2D eigenvalue weighted by Gasteiger charge is 2.10. The average molecular weight is 323 g/mol. The second kappa shape index (κ2) is 6.49. The molecule has 3 N–H and O–H groups in total. The molecule has 0 saturated carbocycles. The van der Waals surface area contributed by atoms with Crippen LogP contribution in [0, 0.1) is 0 Å². The Kier molecular flexibility index (Phi) is 4.70. The van der Waals surface area contributed by atoms with Gasteiger partial charge < -0.3 is 10.2 Å². The molecule has 0 amide bonds. The fourth-order valence-corrected chi connectivity index (χ4v) is 1.96. The van der Waals surface area contributed by atoms with Gasteiger partial charge in [-0.3, -0.25) is 0 Å². The van der Waals surface area contributed by atoms with E-state index in [9.17, 15) is 0 Å². The number of nitrogens with zero attached hydrogens (tertiary/aromatic N) is 2. The predicted octanol–water partition coefficient (Wildman–Crippen LogP) is 2.67. The zero-order valence-electron chi connectivity index (χ0n) is 10.6. The third kappa shape index (κ3) is 3.42. The van der Waals surface area contributed by atoms with Gasteiger partial charge in [-0.2, -0.15) is 0 Å². The van der Waals surface area contributed by atoms with Crippen molar-refractivity contribution in [1.82, 2.24) is 9.97 Å². The minimum Gasteiger partial charge on any atom is -0.472 e. The summed E-state index contributed by atoms with van der Waals surface area (Å²) in [6.07, 6.45) is 2.18. The van der Waals surface area contributed by atoms with Crippen LogP contribution >= 0.6 is 15.9 Å². The van der Waals surface area contributed by atoms with E-state index in [-0.39, 0.29) is 0 Å². The molecule has 5 nitrogen and oxygen atoms in total. The molecule has 1 aromatic heterocycles. The smallest absolute Gasteiger partial charge is 0.222 e. The fraction of sp³-hybridized carbons (Fsp3) is 0.231. The molecule has 0 fully saturated rings. The number of nitrogen functional groups attached to an aromatic ring is 1. The standard InChI is InChI=1S/C13H15BrN4O/c1-2-11-12(18-15)16-8-17-13(11)19-7-9-3-5-10(14)6-4-9/h3-6,8H,2,7,15H2,1H3,(H,16,17,18). The van der Waals surface area contributed by atoms with Crippen LogP contribution in [0.2, 0.25) is 0 Å². The monoisotopic (exact) mass is 322 g/mol. The Morgan fingerprint density at radius 2 is 2.00 bits per heavy atom. The van der Waals surface area contributed by atoms with Crippen LogP contribution in [0.15, 0.2) is 35.1 Å². The number of hydrazine groups is 1. The summed E-state index contributed by atoms with van der Waals surface area (Å²) in [6, 6.07) is 7.95. The van der Waals surface area contributed by atoms with E-state index in [4.69, 9.17) is 10.6 Å². The lowest BCUT2D eigenvalue weighted by molar-refractivity contribution is 0.290. The molecule has 0 aliphatic carbocycles. The fourth-order valence-electron chi connectivity index (χ4n) is 1.70. The van der Waals surface area contributed by atoms with Gasteiger partial charge >= 0.3 is 0 Å². The Balaban J connectivity index is 2.13. The number of rotatable bonds is 5. The Labute approximate surface area is 120 Å². The minimum absolute atomic E-state index is 0.460. The molecular weight excluding hydrogens is 308 g/mol. The molecule has 0 spiro atoms. The highest BCUT2D eigenvalue weighted by molar-refractivity contribution is 9.10. The molecule has 0 saturated heterocycles. The average Bonchev–Trinajstić information content (AvgIpc) is 2.46. The molecule has 6 heteroatoms. The molecule has 0 atom stereocenters. The maximum atomic E-state index is 5.73. The highest BCUT2D eigenvalue weighted by atomic mass is 79.9. The van der Waals surface area contributed by atoms with E-state index in [1.54, 1.807) is 0 Å². The van der Waals surface area contributed by atoms with E-state index < -0.39 is 0 Å². The van der Waals surface area contributed by atoms with E-state index in [2.05, 4.69) is 31.3 Å². The maximum absolute atomic E-state index is 5.73. The lowest BCUT2D eigenvalue weighted by Gasteiger charge is -2.11. The van der Waals surface area contributed by atoms with E-state index in [1.807, 2.05) is 31.2 Å². The molecule has 0 bridgehead atoms. The lowest BCUT2D eigenvalue weighted by Crippen LogP contribution is -2.12. The van der Waals surface area contributed by atoms with Crippen molar-refractivity contribution in [3.8, 4) is 5.88 Å². The van der Waals surface area contributed by atoms with Crippen LogP contribution in [0.1, 0.15) is 18.1 Å². The van der Waals surface area contributed by atoms with Crippen molar-refractivity contribution in [1.29, 1.82) is 0 Å². The van der Waals surface area contributed by atoms with Crippen LogP contribution < -0.4 is 16.0 Å². The number of nitrogens with two attached hydrogens (primary N) is 1. The van der Waals surface area contributed by atoms with Crippen LogP contribution in [0.4, 0.5) is 5.82 Å². The van der Waals surface area contributed by atoms with Gasteiger partial charge in [0.1, 0.15) is 18.8 Å². The molecule has 19 heavy (non-hydrogen) atoms. The van der Waals surface area contributed by atoms with E-state index in [1.165, 1.54) is 6.33 Å². The molecule has 0 unspecified atom stereocenters. The molecular formula is C13H15BrN4O. The number of nitrogens with one attached hydrogen (secondary N) is 1. The van der Waals surface area contributed by atoms with Gasteiger partial charge in [-0.05, 0) is 24.1 Å². The van der Waals surface area contributed by atoms with Crippen molar-refractivity contribution in [2.24, 2.45) is 5.84 Å². The molecule has 0 aliphatic heterocycles. The Morgan fingerprint density at radius 1 is 1.26 bits per heavy atom. The van der Waals surface area contributed by atoms with Gasteiger partial charge in [0.05, 0.1) is 5.56 Å². The van der Waals surface area contributed by atoms with E-state index >= 15 is 0 Å². The number of benzene rings is 1. The van der Waals surface area contributed by atoms with Gasteiger partial charge in [0.2, 0.25) is 5.88 Å². The first kappa shape index (κ1) is 13.8. The summed E-state index contributed by atoms with van der Waals surface area (Å²) in [4.78, 5) is 8.21. The first-order valence-electron chi connectivity index (χ1n) is 5.92. The quantitative estimate of drug-likeness (QED) is 0.654. The lowest BCUT2D eigenvalue weighted by atomic mass is 10.2. The third-order valence-electron chi connectivity index (χ3n) is 2.68. The summed E-state index contributed by atoms with van der Waals surface area (Å²) in [6.45, 7) is 2.47. The third-order valence-corrected chi connectivity index (χ3v) is 3.21. The van der Waals surface area contributed by atoms with Crippen molar-refractivity contribution >= 4 is 21.7 Å². The molecule has 1 heterocycles. The summed E-state index contributed by atoms with van der Waals surface area (Å²) in [5, 5.41) is 0. The SMILES string of the molecule is CCc1c(NN)ncnc1OCc1ccc(Br)cc1. The van der Waals surface area contributed by atoms with Crippen molar-refractivity contribution < 1.29 is 4.74 Å². The Hall–Kier alpha value is -1.66. The van der Waals surface area contributed by atoms with Crippen molar-refractivity contribution in [3.63, 3.8) is 0 Å².